The normalized spacial score (nSPS) is 16.0. The summed E-state index contributed by atoms with van der Waals surface area (Å²) in [7, 11) is 0. The topological polar surface area (TPSA) is 72.2 Å². The van der Waals surface area contributed by atoms with Crippen LogP contribution < -0.4 is 16.1 Å². The number of piperazine rings is 1. The van der Waals surface area contributed by atoms with Crippen molar-refractivity contribution in [2.45, 2.75) is 6.54 Å². The molecule has 3 rings (SSSR count). The van der Waals surface area contributed by atoms with Crippen LogP contribution in [0.5, 0.6) is 0 Å². The van der Waals surface area contributed by atoms with E-state index in [4.69, 9.17) is 0 Å². The molecule has 1 aliphatic rings. The van der Waals surface area contributed by atoms with Gasteiger partial charge in [-0.25, -0.2) is 9.18 Å². The van der Waals surface area contributed by atoms with Crippen LogP contribution in [-0.2, 0) is 6.54 Å². The Hall–Kier alpha value is -2.41. The number of nitrogens with zero attached hydrogens (tertiary/aromatic N) is 2. The first kappa shape index (κ1) is 14.5. The van der Waals surface area contributed by atoms with Gasteiger partial charge < -0.3 is 4.90 Å². The predicted molar refractivity (Wildman–Crippen MR) is 81.6 cm³/mol. The second-order valence-corrected chi connectivity index (χ2v) is 5.33. The number of hydrogen-bond donors (Lipinski definition) is 2. The van der Waals surface area contributed by atoms with E-state index in [-0.39, 0.29) is 5.82 Å². The lowest BCUT2D eigenvalue weighted by atomic mass is 10.2. The minimum Gasteiger partial charge on any atom is -0.355 e. The molecule has 1 aromatic heterocycles. The number of halogens is 1. The lowest BCUT2D eigenvalue weighted by molar-refractivity contribution is 0.246. The van der Waals surface area contributed by atoms with Crippen LogP contribution in [0.4, 0.5) is 10.2 Å². The van der Waals surface area contributed by atoms with Gasteiger partial charge in [0.1, 0.15) is 11.6 Å². The summed E-state index contributed by atoms with van der Waals surface area (Å²) in [4.78, 5) is 31.5. The van der Waals surface area contributed by atoms with E-state index in [1.54, 1.807) is 12.1 Å². The molecule has 0 amide bonds. The van der Waals surface area contributed by atoms with Crippen molar-refractivity contribution in [3.63, 3.8) is 0 Å². The first-order chi connectivity index (χ1) is 10.6. The highest BCUT2D eigenvalue weighted by Gasteiger charge is 2.19. The predicted octanol–water partition coefficient (Wildman–Crippen LogP) is 0.525. The van der Waals surface area contributed by atoms with Crippen molar-refractivity contribution in [1.29, 1.82) is 0 Å². The van der Waals surface area contributed by atoms with Crippen LogP contribution in [0.1, 0.15) is 5.56 Å². The molecule has 0 spiro atoms. The first-order valence-electron chi connectivity index (χ1n) is 7.16. The zero-order valence-electron chi connectivity index (χ0n) is 12.0. The average Bonchev–Trinajstić information content (AvgIpc) is 2.49. The van der Waals surface area contributed by atoms with Gasteiger partial charge in [-0.2, -0.15) is 0 Å². The molecule has 0 unspecified atom stereocenters. The van der Waals surface area contributed by atoms with Crippen LogP contribution >= 0.6 is 0 Å². The Balaban J connectivity index is 1.64. The summed E-state index contributed by atoms with van der Waals surface area (Å²) in [5.74, 6) is 0.336. The van der Waals surface area contributed by atoms with E-state index >= 15 is 0 Å². The van der Waals surface area contributed by atoms with Crippen molar-refractivity contribution >= 4 is 5.82 Å². The molecule has 2 aromatic rings. The summed E-state index contributed by atoms with van der Waals surface area (Å²) >= 11 is 0. The minimum absolute atomic E-state index is 0.191. The highest BCUT2D eigenvalue weighted by Crippen LogP contribution is 2.14. The minimum atomic E-state index is -0.503. The lowest BCUT2D eigenvalue weighted by Crippen LogP contribution is -2.47. The maximum atomic E-state index is 13.7. The van der Waals surface area contributed by atoms with Crippen molar-refractivity contribution in [3.8, 4) is 0 Å². The Morgan fingerprint density at radius 3 is 2.45 bits per heavy atom. The molecule has 0 aliphatic carbocycles. The fourth-order valence-electron chi connectivity index (χ4n) is 2.64. The van der Waals surface area contributed by atoms with E-state index < -0.39 is 11.2 Å². The van der Waals surface area contributed by atoms with Gasteiger partial charge in [0.2, 0.25) is 0 Å². The zero-order chi connectivity index (χ0) is 15.5. The number of aromatic amines is 2. The van der Waals surface area contributed by atoms with Crippen LogP contribution in [0.25, 0.3) is 0 Å². The van der Waals surface area contributed by atoms with Crippen LogP contribution in [0.3, 0.4) is 0 Å². The van der Waals surface area contributed by atoms with Gasteiger partial charge in [-0.3, -0.25) is 19.7 Å². The number of hydrogen-bond acceptors (Lipinski definition) is 4. The molecule has 1 aromatic carbocycles. The van der Waals surface area contributed by atoms with E-state index in [1.165, 1.54) is 12.1 Å². The van der Waals surface area contributed by atoms with E-state index in [2.05, 4.69) is 14.9 Å². The second-order valence-electron chi connectivity index (χ2n) is 5.33. The smallest absolute Gasteiger partial charge is 0.327 e. The van der Waals surface area contributed by atoms with Gasteiger partial charge in [-0.05, 0) is 6.07 Å². The summed E-state index contributed by atoms with van der Waals surface area (Å²) in [5.41, 5.74) is -0.232. The van der Waals surface area contributed by atoms with Crippen molar-refractivity contribution in [2.24, 2.45) is 0 Å². The van der Waals surface area contributed by atoms with Crippen LogP contribution in [-0.4, -0.2) is 41.0 Å². The van der Waals surface area contributed by atoms with Crippen molar-refractivity contribution in [3.05, 3.63) is 62.6 Å². The summed E-state index contributed by atoms with van der Waals surface area (Å²) in [6.07, 6.45) is 0. The average molecular weight is 304 g/mol. The van der Waals surface area contributed by atoms with Gasteiger partial charge in [-0.15, -0.1) is 0 Å². The summed E-state index contributed by atoms with van der Waals surface area (Å²) in [6, 6.07) is 8.14. The molecule has 0 bridgehead atoms. The number of H-pyrrole nitrogens is 2. The van der Waals surface area contributed by atoms with Crippen LogP contribution in [0.2, 0.25) is 0 Å². The zero-order valence-corrected chi connectivity index (χ0v) is 12.0. The summed E-state index contributed by atoms with van der Waals surface area (Å²) < 4.78 is 13.7. The molecule has 2 heterocycles. The number of anilines is 1. The van der Waals surface area contributed by atoms with Gasteiger partial charge in [0, 0.05) is 44.4 Å². The maximum absolute atomic E-state index is 13.7. The Morgan fingerprint density at radius 1 is 1.05 bits per heavy atom. The Kier molecular flexibility index (Phi) is 4.06. The molecule has 1 saturated heterocycles. The number of aromatic nitrogens is 2. The number of nitrogens with one attached hydrogen (secondary N) is 2. The molecule has 2 N–H and O–H groups in total. The molecule has 6 nitrogen and oxygen atoms in total. The van der Waals surface area contributed by atoms with Gasteiger partial charge in [0.15, 0.2) is 0 Å². The summed E-state index contributed by atoms with van der Waals surface area (Å²) in [6.45, 7) is 3.39. The third-order valence-corrected chi connectivity index (χ3v) is 3.81. The molecule has 116 valence electrons. The Labute approximate surface area is 126 Å². The van der Waals surface area contributed by atoms with Crippen LogP contribution in [0, 0.1) is 5.82 Å². The van der Waals surface area contributed by atoms with Crippen LogP contribution in [0.15, 0.2) is 39.9 Å². The monoisotopic (exact) mass is 304 g/mol. The molecule has 0 radical (unpaired) electrons. The van der Waals surface area contributed by atoms with E-state index in [1.807, 2.05) is 11.0 Å². The first-order valence-corrected chi connectivity index (χ1v) is 7.16. The second kappa shape index (κ2) is 6.15. The number of benzene rings is 1. The third-order valence-electron chi connectivity index (χ3n) is 3.81. The van der Waals surface area contributed by atoms with Crippen molar-refractivity contribution in [2.75, 3.05) is 31.1 Å². The maximum Gasteiger partial charge on any atom is 0.327 e. The third kappa shape index (κ3) is 3.25. The molecule has 0 saturated carbocycles. The highest BCUT2D eigenvalue weighted by atomic mass is 19.1. The fraction of sp³-hybridized carbons (Fsp3) is 0.333. The Morgan fingerprint density at radius 2 is 1.77 bits per heavy atom. The molecule has 1 aliphatic heterocycles. The van der Waals surface area contributed by atoms with Gasteiger partial charge in [0.05, 0.1) is 0 Å². The van der Waals surface area contributed by atoms with Gasteiger partial charge >= 0.3 is 5.69 Å². The quantitative estimate of drug-likeness (QED) is 0.867. The van der Waals surface area contributed by atoms with E-state index in [9.17, 15) is 14.0 Å². The summed E-state index contributed by atoms with van der Waals surface area (Å²) in [5, 5.41) is 0. The largest absolute Gasteiger partial charge is 0.355 e. The molecular weight excluding hydrogens is 287 g/mol. The number of rotatable bonds is 3. The van der Waals surface area contributed by atoms with E-state index in [0.717, 1.165) is 13.1 Å². The fourth-order valence-corrected chi connectivity index (χ4v) is 2.64. The molecule has 7 heteroatoms. The standard InChI is InChI=1S/C15H17FN4O2/c16-12-4-2-1-3-11(12)10-19-5-7-20(8-6-19)13-9-14(21)18-15(22)17-13/h1-4,9H,5-8,10H2,(H2,17,18,21,22). The highest BCUT2D eigenvalue weighted by molar-refractivity contribution is 5.37. The molecule has 0 atom stereocenters. The molecule has 22 heavy (non-hydrogen) atoms. The van der Waals surface area contributed by atoms with Gasteiger partial charge in [-0.1, -0.05) is 18.2 Å². The van der Waals surface area contributed by atoms with E-state index in [0.29, 0.717) is 31.0 Å². The Bertz CT molecular complexity index is 734. The SMILES string of the molecule is O=c1cc(N2CCN(Cc3ccccc3F)CC2)[nH]c(=O)[nH]1. The lowest BCUT2D eigenvalue weighted by Gasteiger charge is -2.35. The van der Waals surface area contributed by atoms with Crippen molar-refractivity contribution < 1.29 is 4.39 Å². The van der Waals surface area contributed by atoms with Gasteiger partial charge in [0.25, 0.3) is 5.56 Å². The van der Waals surface area contributed by atoms with Crippen molar-refractivity contribution in [1.82, 2.24) is 14.9 Å². The molecule has 1 fully saturated rings. The molecular formula is C15H17FN4O2.